The van der Waals surface area contributed by atoms with Gasteiger partial charge in [0, 0.05) is 22.1 Å². The van der Waals surface area contributed by atoms with Gasteiger partial charge in [0.2, 0.25) is 0 Å². The molecule has 1 aromatic rings. The molecule has 1 unspecified atom stereocenters. The van der Waals surface area contributed by atoms with E-state index in [9.17, 15) is 4.79 Å². The highest BCUT2D eigenvalue weighted by Crippen LogP contribution is 2.17. The molecule has 2 N–H and O–H groups in total. The van der Waals surface area contributed by atoms with Crippen molar-refractivity contribution in [3.8, 4) is 0 Å². The molecule has 0 spiro atoms. The van der Waals surface area contributed by atoms with Crippen LogP contribution < -0.4 is 10.6 Å². The van der Waals surface area contributed by atoms with Gasteiger partial charge in [-0.25, -0.2) is 0 Å². The Balaban J connectivity index is 2.07. The number of hydrogen-bond donors (Lipinski definition) is 2. The van der Waals surface area contributed by atoms with Crippen molar-refractivity contribution in [2.45, 2.75) is 38.8 Å². The number of piperidine rings is 1. The Morgan fingerprint density at radius 1 is 1.50 bits per heavy atom. The molecule has 0 aliphatic carbocycles. The van der Waals surface area contributed by atoms with Crippen LogP contribution in [0.15, 0.2) is 22.7 Å². The summed E-state index contributed by atoms with van der Waals surface area (Å²) < 4.78 is 1.00. The first kappa shape index (κ1) is 13.6. The molecule has 1 saturated heterocycles. The first-order valence-corrected chi connectivity index (χ1v) is 7.17. The minimum Gasteiger partial charge on any atom is -0.348 e. The lowest BCUT2D eigenvalue weighted by Gasteiger charge is -2.30. The van der Waals surface area contributed by atoms with Crippen LogP contribution in [-0.2, 0) is 0 Å². The molecular formula is C14H19BrN2O. The van der Waals surface area contributed by atoms with Gasteiger partial charge in [0.05, 0.1) is 0 Å². The summed E-state index contributed by atoms with van der Waals surface area (Å²) in [5.74, 6) is 0.0283. The number of halogens is 1. The molecule has 18 heavy (non-hydrogen) atoms. The second-order valence-electron chi connectivity index (χ2n) is 4.92. The van der Waals surface area contributed by atoms with Crippen LogP contribution in [0.2, 0.25) is 0 Å². The second kappa shape index (κ2) is 5.85. The average molecular weight is 311 g/mol. The number of hydrogen-bond acceptors (Lipinski definition) is 2. The first-order valence-electron chi connectivity index (χ1n) is 6.38. The molecule has 1 aromatic carbocycles. The zero-order valence-electron chi connectivity index (χ0n) is 10.8. The summed E-state index contributed by atoms with van der Waals surface area (Å²) in [6, 6.07) is 6.32. The Hall–Kier alpha value is -0.870. The van der Waals surface area contributed by atoms with E-state index < -0.39 is 0 Å². The molecular weight excluding hydrogens is 292 g/mol. The van der Waals surface area contributed by atoms with Crippen LogP contribution in [0.25, 0.3) is 0 Å². The fourth-order valence-electron chi connectivity index (χ4n) is 2.37. The Morgan fingerprint density at radius 2 is 2.28 bits per heavy atom. The summed E-state index contributed by atoms with van der Waals surface area (Å²) in [6.07, 6.45) is 2.17. The van der Waals surface area contributed by atoms with Crippen molar-refractivity contribution in [2.75, 3.05) is 6.54 Å². The number of carbonyl (C=O) groups excluding carboxylic acids is 1. The molecule has 2 rings (SSSR count). The zero-order chi connectivity index (χ0) is 13.1. The topological polar surface area (TPSA) is 41.1 Å². The normalized spacial score (nSPS) is 23.7. The molecule has 1 fully saturated rings. The van der Waals surface area contributed by atoms with E-state index in [4.69, 9.17) is 0 Å². The van der Waals surface area contributed by atoms with Crippen molar-refractivity contribution in [1.82, 2.24) is 10.6 Å². The summed E-state index contributed by atoms with van der Waals surface area (Å²) in [6.45, 7) is 5.13. The van der Waals surface area contributed by atoms with E-state index >= 15 is 0 Å². The first-order chi connectivity index (χ1) is 8.58. The largest absolute Gasteiger partial charge is 0.348 e. The van der Waals surface area contributed by atoms with Gasteiger partial charge in [-0.15, -0.1) is 0 Å². The van der Waals surface area contributed by atoms with Gasteiger partial charge in [-0.1, -0.05) is 15.9 Å². The molecule has 3 nitrogen and oxygen atoms in total. The molecule has 0 saturated carbocycles. The van der Waals surface area contributed by atoms with Crippen LogP contribution >= 0.6 is 15.9 Å². The van der Waals surface area contributed by atoms with E-state index in [1.807, 2.05) is 25.1 Å². The van der Waals surface area contributed by atoms with E-state index in [2.05, 4.69) is 33.5 Å². The van der Waals surface area contributed by atoms with Crippen molar-refractivity contribution in [3.05, 3.63) is 33.8 Å². The number of carbonyl (C=O) groups is 1. The van der Waals surface area contributed by atoms with E-state index in [1.54, 1.807) is 0 Å². The van der Waals surface area contributed by atoms with Crippen molar-refractivity contribution < 1.29 is 4.79 Å². The van der Waals surface area contributed by atoms with Crippen LogP contribution in [0, 0.1) is 6.92 Å². The third kappa shape index (κ3) is 3.12. The summed E-state index contributed by atoms with van der Waals surface area (Å²) in [7, 11) is 0. The molecule has 0 radical (unpaired) electrons. The van der Waals surface area contributed by atoms with Crippen molar-refractivity contribution in [3.63, 3.8) is 0 Å². The molecule has 98 valence electrons. The van der Waals surface area contributed by atoms with Crippen LogP contribution in [0.3, 0.4) is 0 Å². The van der Waals surface area contributed by atoms with Gasteiger partial charge in [-0.05, 0) is 57.0 Å². The quantitative estimate of drug-likeness (QED) is 0.881. The second-order valence-corrected chi connectivity index (χ2v) is 5.84. The number of amides is 1. The summed E-state index contributed by atoms with van der Waals surface area (Å²) in [5.41, 5.74) is 1.76. The highest BCUT2D eigenvalue weighted by molar-refractivity contribution is 9.10. The Labute approximate surface area is 116 Å². The monoisotopic (exact) mass is 310 g/mol. The van der Waals surface area contributed by atoms with Crippen LogP contribution in [0.1, 0.15) is 35.7 Å². The minimum atomic E-state index is 0.0283. The Morgan fingerprint density at radius 3 is 2.94 bits per heavy atom. The molecule has 1 amide bonds. The molecule has 0 bridgehead atoms. The number of rotatable bonds is 2. The van der Waals surface area contributed by atoms with Crippen LogP contribution in [0.5, 0.6) is 0 Å². The summed E-state index contributed by atoms with van der Waals surface area (Å²) in [4.78, 5) is 12.2. The lowest BCUT2D eigenvalue weighted by atomic mass is 9.99. The Kier molecular flexibility index (Phi) is 4.40. The lowest BCUT2D eigenvalue weighted by Crippen LogP contribution is -2.52. The van der Waals surface area contributed by atoms with E-state index in [0.717, 1.165) is 35.0 Å². The zero-order valence-corrected chi connectivity index (χ0v) is 12.4. The fraction of sp³-hybridized carbons (Fsp3) is 0.500. The maximum atomic E-state index is 12.2. The SMILES string of the molecule is Cc1cc(Br)ccc1C(=O)NC1CCCN[C@@H]1C. The van der Waals surface area contributed by atoms with Crippen LogP contribution in [-0.4, -0.2) is 24.5 Å². The standard InChI is InChI=1S/C14H19BrN2O/c1-9-8-11(15)5-6-12(9)14(18)17-13-4-3-7-16-10(13)2/h5-6,8,10,13,16H,3-4,7H2,1-2H3,(H,17,18)/t10-,13?/m1/s1. The maximum absolute atomic E-state index is 12.2. The molecule has 1 aliphatic heterocycles. The van der Waals surface area contributed by atoms with Gasteiger partial charge in [-0.3, -0.25) is 4.79 Å². The predicted octanol–water partition coefficient (Wildman–Crippen LogP) is 2.63. The van der Waals surface area contributed by atoms with Gasteiger partial charge in [-0.2, -0.15) is 0 Å². The lowest BCUT2D eigenvalue weighted by molar-refractivity contribution is 0.0919. The van der Waals surface area contributed by atoms with Crippen molar-refractivity contribution in [2.24, 2.45) is 0 Å². The molecule has 1 aliphatic rings. The molecule has 2 atom stereocenters. The predicted molar refractivity (Wildman–Crippen MR) is 76.8 cm³/mol. The number of benzene rings is 1. The van der Waals surface area contributed by atoms with E-state index in [1.165, 1.54) is 0 Å². The van der Waals surface area contributed by atoms with Gasteiger partial charge < -0.3 is 10.6 Å². The van der Waals surface area contributed by atoms with Crippen molar-refractivity contribution >= 4 is 21.8 Å². The van der Waals surface area contributed by atoms with Gasteiger partial charge >= 0.3 is 0 Å². The Bertz CT molecular complexity index is 447. The third-order valence-electron chi connectivity index (χ3n) is 3.51. The van der Waals surface area contributed by atoms with E-state index in [0.29, 0.717) is 6.04 Å². The van der Waals surface area contributed by atoms with Gasteiger partial charge in [0.1, 0.15) is 0 Å². The summed E-state index contributed by atoms with van der Waals surface area (Å²) in [5, 5.41) is 6.52. The number of aryl methyl sites for hydroxylation is 1. The molecule has 1 heterocycles. The molecule has 0 aromatic heterocycles. The van der Waals surface area contributed by atoms with Gasteiger partial charge in [0.15, 0.2) is 0 Å². The maximum Gasteiger partial charge on any atom is 0.251 e. The fourth-order valence-corrected chi connectivity index (χ4v) is 2.84. The summed E-state index contributed by atoms with van der Waals surface area (Å²) >= 11 is 3.41. The molecule has 4 heteroatoms. The third-order valence-corrected chi connectivity index (χ3v) is 4.00. The highest BCUT2D eigenvalue weighted by atomic mass is 79.9. The smallest absolute Gasteiger partial charge is 0.251 e. The van der Waals surface area contributed by atoms with E-state index in [-0.39, 0.29) is 11.9 Å². The average Bonchev–Trinajstić information content (AvgIpc) is 2.32. The highest BCUT2D eigenvalue weighted by Gasteiger charge is 2.23. The van der Waals surface area contributed by atoms with Crippen LogP contribution in [0.4, 0.5) is 0 Å². The number of nitrogens with one attached hydrogen (secondary N) is 2. The van der Waals surface area contributed by atoms with Crippen molar-refractivity contribution in [1.29, 1.82) is 0 Å². The van der Waals surface area contributed by atoms with Gasteiger partial charge in [0.25, 0.3) is 5.91 Å². The minimum absolute atomic E-state index is 0.0283.